The summed E-state index contributed by atoms with van der Waals surface area (Å²) in [7, 11) is 0. The number of nitrogens with one attached hydrogen (secondary N) is 1. The number of para-hydroxylation sites is 1. The van der Waals surface area contributed by atoms with E-state index < -0.39 is 29.4 Å². The highest BCUT2D eigenvalue weighted by Gasteiger charge is 2.40. The van der Waals surface area contributed by atoms with Crippen LogP contribution < -0.4 is 10.2 Å². The zero-order chi connectivity index (χ0) is 22.2. The summed E-state index contributed by atoms with van der Waals surface area (Å²) in [6, 6.07) is 17.4. The standard InChI is InChI=1S/C23H14F4N2O2/c24-16-10-6-14(7-11-16)19-20(28-17-4-2-1-3-5-17)22(31)29(21(19)30)18-12-8-15(9-13-18)23(25,26)27/h1-13,28H. The number of nitrogens with zero attached hydrogens (tertiary/aromatic N) is 1. The molecule has 0 atom stereocenters. The number of alkyl halides is 3. The molecule has 0 bridgehead atoms. The molecule has 3 aromatic carbocycles. The highest BCUT2D eigenvalue weighted by atomic mass is 19.4. The van der Waals surface area contributed by atoms with Gasteiger partial charge in [0.05, 0.1) is 16.8 Å². The van der Waals surface area contributed by atoms with Gasteiger partial charge in [0.1, 0.15) is 11.5 Å². The maximum atomic E-state index is 13.4. The number of anilines is 2. The molecule has 4 rings (SSSR count). The van der Waals surface area contributed by atoms with Gasteiger partial charge in [-0.25, -0.2) is 9.29 Å². The molecule has 0 radical (unpaired) electrons. The average molecular weight is 426 g/mol. The summed E-state index contributed by atoms with van der Waals surface area (Å²) >= 11 is 0. The van der Waals surface area contributed by atoms with Crippen molar-refractivity contribution in [2.24, 2.45) is 0 Å². The highest BCUT2D eigenvalue weighted by molar-refractivity contribution is 6.46. The molecule has 0 saturated carbocycles. The zero-order valence-electron chi connectivity index (χ0n) is 15.8. The first-order chi connectivity index (χ1) is 14.8. The highest BCUT2D eigenvalue weighted by Crippen LogP contribution is 2.35. The smallest absolute Gasteiger partial charge is 0.350 e. The number of halogens is 4. The van der Waals surface area contributed by atoms with E-state index in [4.69, 9.17) is 0 Å². The van der Waals surface area contributed by atoms with E-state index in [2.05, 4.69) is 5.32 Å². The van der Waals surface area contributed by atoms with Gasteiger partial charge in [0, 0.05) is 5.69 Å². The number of amides is 2. The Morgan fingerprint density at radius 2 is 1.35 bits per heavy atom. The first-order valence-electron chi connectivity index (χ1n) is 9.14. The van der Waals surface area contributed by atoms with Crippen molar-refractivity contribution in [2.75, 3.05) is 10.2 Å². The number of hydrogen-bond donors (Lipinski definition) is 1. The van der Waals surface area contributed by atoms with Crippen LogP contribution in [0.3, 0.4) is 0 Å². The van der Waals surface area contributed by atoms with Crippen LogP contribution >= 0.6 is 0 Å². The predicted octanol–water partition coefficient (Wildman–Crippen LogP) is 5.24. The molecular weight excluding hydrogens is 412 g/mol. The summed E-state index contributed by atoms with van der Waals surface area (Å²) in [5, 5.41) is 2.91. The van der Waals surface area contributed by atoms with Gasteiger partial charge in [-0.05, 0) is 54.1 Å². The number of carbonyl (C=O) groups is 2. The fourth-order valence-electron chi connectivity index (χ4n) is 3.23. The Morgan fingerprint density at radius 1 is 0.742 bits per heavy atom. The minimum atomic E-state index is -4.55. The third-order valence-corrected chi connectivity index (χ3v) is 4.71. The second kappa shape index (κ2) is 7.71. The molecule has 1 aliphatic heterocycles. The summed E-state index contributed by atoms with van der Waals surface area (Å²) in [4.78, 5) is 27.1. The molecule has 2 amide bonds. The Bertz CT molecular complexity index is 1170. The van der Waals surface area contributed by atoms with Gasteiger partial charge in [-0.1, -0.05) is 30.3 Å². The van der Waals surface area contributed by atoms with Crippen molar-refractivity contribution in [3.05, 3.63) is 102 Å². The van der Waals surface area contributed by atoms with E-state index >= 15 is 0 Å². The van der Waals surface area contributed by atoms with Crippen molar-refractivity contribution >= 4 is 28.8 Å². The maximum Gasteiger partial charge on any atom is 0.416 e. The summed E-state index contributed by atoms with van der Waals surface area (Å²) < 4.78 is 52.0. The number of benzene rings is 3. The number of carbonyl (C=O) groups excluding carboxylic acids is 2. The van der Waals surface area contributed by atoms with Gasteiger partial charge in [0.2, 0.25) is 0 Å². The third-order valence-electron chi connectivity index (χ3n) is 4.71. The summed E-state index contributed by atoms with van der Waals surface area (Å²) in [5.41, 5.74) is -0.131. The fraction of sp³-hybridized carbons (Fsp3) is 0.0435. The maximum absolute atomic E-state index is 13.4. The monoisotopic (exact) mass is 426 g/mol. The summed E-state index contributed by atoms with van der Waals surface area (Å²) in [5.74, 6) is -1.97. The Kier molecular flexibility index (Phi) is 5.06. The van der Waals surface area contributed by atoms with E-state index in [9.17, 15) is 27.2 Å². The summed E-state index contributed by atoms with van der Waals surface area (Å²) in [6.45, 7) is 0. The fourth-order valence-corrected chi connectivity index (χ4v) is 3.23. The molecule has 1 aliphatic rings. The molecule has 3 aromatic rings. The Hall–Kier alpha value is -3.94. The molecule has 31 heavy (non-hydrogen) atoms. The SMILES string of the molecule is O=C1C(Nc2ccccc2)=C(c2ccc(F)cc2)C(=O)N1c1ccc(C(F)(F)F)cc1. The van der Waals surface area contributed by atoms with Crippen LogP contribution in [0, 0.1) is 5.82 Å². The van der Waals surface area contributed by atoms with Gasteiger partial charge in [0.15, 0.2) is 0 Å². The lowest BCUT2D eigenvalue weighted by Crippen LogP contribution is -2.32. The number of imide groups is 1. The minimum Gasteiger partial charge on any atom is -0.350 e. The van der Waals surface area contributed by atoms with Crippen LogP contribution in [-0.2, 0) is 15.8 Å². The van der Waals surface area contributed by atoms with Crippen LogP contribution in [0.25, 0.3) is 5.57 Å². The normalized spacial score (nSPS) is 14.4. The van der Waals surface area contributed by atoms with Crippen LogP contribution in [0.1, 0.15) is 11.1 Å². The second-order valence-corrected chi connectivity index (χ2v) is 6.74. The van der Waals surface area contributed by atoms with Crippen molar-refractivity contribution in [1.29, 1.82) is 0 Å². The third kappa shape index (κ3) is 3.92. The topological polar surface area (TPSA) is 49.4 Å². The van der Waals surface area contributed by atoms with Gasteiger partial charge >= 0.3 is 6.18 Å². The lowest BCUT2D eigenvalue weighted by Gasteiger charge is -2.16. The van der Waals surface area contributed by atoms with E-state index in [1.807, 2.05) is 0 Å². The van der Waals surface area contributed by atoms with Crippen molar-refractivity contribution < 1.29 is 27.2 Å². The zero-order valence-corrected chi connectivity index (χ0v) is 15.8. The summed E-state index contributed by atoms with van der Waals surface area (Å²) in [6.07, 6.45) is -4.55. The van der Waals surface area contributed by atoms with Gasteiger partial charge in [-0.15, -0.1) is 0 Å². The molecular formula is C23H14F4N2O2. The molecule has 0 spiro atoms. The quantitative estimate of drug-likeness (QED) is 0.459. The largest absolute Gasteiger partial charge is 0.416 e. The molecule has 156 valence electrons. The van der Waals surface area contributed by atoms with Crippen molar-refractivity contribution in [2.45, 2.75) is 6.18 Å². The minimum absolute atomic E-state index is 0.00579. The van der Waals surface area contributed by atoms with E-state index in [0.717, 1.165) is 41.3 Å². The molecule has 1 N–H and O–H groups in total. The van der Waals surface area contributed by atoms with Gasteiger partial charge in [0.25, 0.3) is 11.8 Å². The van der Waals surface area contributed by atoms with Gasteiger partial charge in [-0.2, -0.15) is 13.2 Å². The molecule has 8 heteroatoms. The van der Waals surface area contributed by atoms with E-state index in [1.54, 1.807) is 30.3 Å². The van der Waals surface area contributed by atoms with Crippen LogP contribution in [0.2, 0.25) is 0 Å². The number of hydrogen-bond acceptors (Lipinski definition) is 3. The first-order valence-corrected chi connectivity index (χ1v) is 9.14. The lowest BCUT2D eigenvalue weighted by molar-refractivity contribution is -0.137. The molecule has 4 nitrogen and oxygen atoms in total. The van der Waals surface area contributed by atoms with Crippen molar-refractivity contribution in [3.8, 4) is 0 Å². The van der Waals surface area contributed by atoms with E-state index in [0.29, 0.717) is 11.3 Å². The van der Waals surface area contributed by atoms with Gasteiger partial charge in [-0.3, -0.25) is 9.59 Å². The second-order valence-electron chi connectivity index (χ2n) is 6.74. The van der Waals surface area contributed by atoms with Crippen molar-refractivity contribution in [1.82, 2.24) is 0 Å². The lowest BCUT2D eigenvalue weighted by atomic mass is 10.0. The predicted molar refractivity (Wildman–Crippen MR) is 107 cm³/mol. The molecule has 1 heterocycles. The molecule has 0 aliphatic carbocycles. The van der Waals surface area contributed by atoms with Gasteiger partial charge < -0.3 is 5.32 Å². The van der Waals surface area contributed by atoms with Crippen LogP contribution in [0.4, 0.5) is 28.9 Å². The Balaban J connectivity index is 1.77. The first kappa shape index (κ1) is 20.3. The molecule has 0 fully saturated rings. The molecule has 0 saturated heterocycles. The average Bonchev–Trinajstić information content (AvgIpc) is 2.98. The van der Waals surface area contributed by atoms with Crippen LogP contribution in [0.5, 0.6) is 0 Å². The van der Waals surface area contributed by atoms with E-state index in [1.165, 1.54) is 12.1 Å². The Labute approximate surface area is 174 Å². The van der Waals surface area contributed by atoms with Crippen molar-refractivity contribution in [3.63, 3.8) is 0 Å². The molecule has 0 aromatic heterocycles. The van der Waals surface area contributed by atoms with Crippen LogP contribution in [-0.4, -0.2) is 11.8 Å². The van der Waals surface area contributed by atoms with E-state index in [-0.39, 0.29) is 17.0 Å². The Morgan fingerprint density at radius 3 is 1.94 bits per heavy atom. The van der Waals surface area contributed by atoms with Crippen LogP contribution in [0.15, 0.2) is 84.6 Å². The number of rotatable bonds is 4. The molecule has 0 unspecified atom stereocenters.